The zero-order valence-electron chi connectivity index (χ0n) is 18.9. The molecule has 3 rings (SSSR count). The van der Waals surface area contributed by atoms with E-state index in [9.17, 15) is 26.0 Å². The van der Waals surface area contributed by atoms with E-state index in [1.807, 2.05) is 0 Å². The van der Waals surface area contributed by atoms with Crippen molar-refractivity contribution in [3.05, 3.63) is 53.3 Å². The number of ether oxygens (including phenoxy) is 1. The Morgan fingerprint density at radius 3 is 2.29 bits per heavy atom. The molecule has 1 saturated heterocycles. The minimum absolute atomic E-state index is 0.0740. The zero-order valence-corrected chi connectivity index (χ0v) is 21.3. The summed E-state index contributed by atoms with van der Waals surface area (Å²) in [5, 5.41) is 3.04. The zero-order chi connectivity index (χ0) is 25.3. The highest BCUT2D eigenvalue weighted by Gasteiger charge is 2.35. The number of nitrogens with zero attached hydrogens (tertiary/aromatic N) is 1. The summed E-state index contributed by atoms with van der Waals surface area (Å²) in [4.78, 5) is 12.6. The van der Waals surface area contributed by atoms with Crippen molar-refractivity contribution in [1.82, 2.24) is 9.62 Å². The van der Waals surface area contributed by atoms with Crippen LogP contribution in [-0.4, -0.2) is 58.0 Å². The first-order valence-corrected chi connectivity index (χ1v) is 14.2. The predicted molar refractivity (Wildman–Crippen MR) is 126 cm³/mol. The fourth-order valence-electron chi connectivity index (χ4n) is 3.49. The van der Waals surface area contributed by atoms with Crippen LogP contribution in [0.25, 0.3) is 0 Å². The van der Waals surface area contributed by atoms with Crippen LogP contribution in [0.3, 0.4) is 0 Å². The SMILES string of the molecule is CC(C)(Oc1ccc(Cl)cc1F)C(=O)NC1CCN(S(=O)(=O)c2cccc(S(C)(=O)=O)c2)CC1. The van der Waals surface area contributed by atoms with Crippen LogP contribution in [0.4, 0.5) is 4.39 Å². The van der Waals surface area contributed by atoms with Gasteiger partial charge in [-0.1, -0.05) is 17.7 Å². The van der Waals surface area contributed by atoms with Crippen LogP contribution in [0.2, 0.25) is 5.02 Å². The molecular formula is C22H26ClFN2O6S2. The number of carbonyl (C=O) groups excluding carboxylic acids is 1. The number of sulfonamides is 1. The van der Waals surface area contributed by atoms with Crippen LogP contribution in [0.5, 0.6) is 5.75 Å². The Kier molecular flexibility index (Phi) is 7.61. The summed E-state index contributed by atoms with van der Waals surface area (Å²) in [6.45, 7) is 3.29. The van der Waals surface area contributed by atoms with Gasteiger partial charge in [-0.3, -0.25) is 4.79 Å². The Hall–Kier alpha value is -2.21. The summed E-state index contributed by atoms with van der Waals surface area (Å²) < 4.78 is 70.4. The maximum absolute atomic E-state index is 14.1. The first-order chi connectivity index (χ1) is 15.7. The number of halogens is 2. The highest BCUT2D eigenvalue weighted by Crippen LogP contribution is 2.26. The van der Waals surface area contributed by atoms with E-state index in [1.54, 1.807) is 0 Å². The average Bonchev–Trinajstić information content (AvgIpc) is 2.75. The van der Waals surface area contributed by atoms with Gasteiger partial charge in [-0.15, -0.1) is 0 Å². The lowest BCUT2D eigenvalue weighted by Crippen LogP contribution is -2.53. The van der Waals surface area contributed by atoms with Gasteiger partial charge in [-0.2, -0.15) is 4.31 Å². The first-order valence-electron chi connectivity index (χ1n) is 10.5. The van der Waals surface area contributed by atoms with E-state index < -0.39 is 37.2 Å². The molecule has 0 atom stereocenters. The van der Waals surface area contributed by atoms with Crippen LogP contribution in [0.15, 0.2) is 52.3 Å². The lowest BCUT2D eigenvalue weighted by Gasteiger charge is -2.34. The number of nitrogens with one attached hydrogen (secondary N) is 1. The van der Waals surface area contributed by atoms with Gasteiger partial charge in [0.05, 0.1) is 9.79 Å². The maximum Gasteiger partial charge on any atom is 0.263 e. The van der Waals surface area contributed by atoms with Gasteiger partial charge in [0.1, 0.15) is 0 Å². The lowest BCUT2D eigenvalue weighted by atomic mass is 10.0. The molecule has 2 aromatic rings. The Balaban J connectivity index is 1.62. The van der Waals surface area contributed by atoms with Gasteiger partial charge in [0.15, 0.2) is 27.0 Å². The van der Waals surface area contributed by atoms with E-state index in [0.717, 1.165) is 18.4 Å². The minimum atomic E-state index is -3.90. The quantitative estimate of drug-likeness (QED) is 0.587. The molecule has 2 aromatic carbocycles. The van der Waals surface area contributed by atoms with E-state index >= 15 is 0 Å². The number of benzene rings is 2. The Morgan fingerprint density at radius 2 is 1.71 bits per heavy atom. The molecule has 1 aliphatic rings. The summed E-state index contributed by atoms with van der Waals surface area (Å²) in [6, 6.07) is 8.82. The number of piperidine rings is 1. The van der Waals surface area contributed by atoms with Gasteiger partial charge in [0, 0.05) is 30.4 Å². The largest absolute Gasteiger partial charge is 0.475 e. The van der Waals surface area contributed by atoms with E-state index in [1.165, 1.54) is 48.5 Å². The van der Waals surface area contributed by atoms with Crippen LogP contribution < -0.4 is 10.1 Å². The molecule has 0 aromatic heterocycles. The first kappa shape index (κ1) is 26.4. The number of hydrogen-bond donors (Lipinski definition) is 1. The monoisotopic (exact) mass is 532 g/mol. The Bertz CT molecular complexity index is 1290. The van der Waals surface area contributed by atoms with E-state index in [-0.39, 0.29) is 39.7 Å². The highest BCUT2D eigenvalue weighted by atomic mass is 35.5. The van der Waals surface area contributed by atoms with Crippen molar-refractivity contribution >= 4 is 37.4 Å². The van der Waals surface area contributed by atoms with Crippen molar-refractivity contribution in [3.63, 3.8) is 0 Å². The minimum Gasteiger partial charge on any atom is -0.475 e. The number of sulfone groups is 1. The van der Waals surface area contributed by atoms with Gasteiger partial charge < -0.3 is 10.1 Å². The normalized spacial score (nSPS) is 16.3. The third-order valence-electron chi connectivity index (χ3n) is 5.47. The second kappa shape index (κ2) is 9.80. The van der Waals surface area contributed by atoms with Crippen molar-refractivity contribution in [2.45, 2.75) is 48.1 Å². The Morgan fingerprint density at radius 1 is 1.09 bits per heavy atom. The fraction of sp³-hybridized carbons (Fsp3) is 0.409. The topological polar surface area (TPSA) is 110 Å². The third kappa shape index (κ3) is 6.07. The molecule has 0 aliphatic carbocycles. The molecule has 8 nitrogen and oxygen atoms in total. The van der Waals surface area contributed by atoms with Gasteiger partial charge >= 0.3 is 0 Å². The van der Waals surface area contributed by atoms with Gasteiger partial charge in [0.25, 0.3) is 5.91 Å². The Labute approximate surface area is 204 Å². The van der Waals surface area contributed by atoms with Crippen LogP contribution in [-0.2, 0) is 24.7 Å². The molecule has 12 heteroatoms. The fourth-order valence-corrected chi connectivity index (χ4v) is 5.91. The number of hydrogen-bond acceptors (Lipinski definition) is 6. The molecule has 1 N–H and O–H groups in total. The third-order valence-corrected chi connectivity index (χ3v) is 8.71. The van der Waals surface area contributed by atoms with Gasteiger partial charge in [-0.05, 0) is 63.1 Å². The van der Waals surface area contributed by atoms with Crippen molar-refractivity contribution in [2.75, 3.05) is 19.3 Å². The smallest absolute Gasteiger partial charge is 0.263 e. The number of rotatable bonds is 7. The summed E-state index contributed by atoms with van der Waals surface area (Å²) in [6.07, 6.45) is 1.71. The molecule has 1 aliphatic heterocycles. The molecule has 1 heterocycles. The van der Waals surface area contributed by atoms with Crippen molar-refractivity contribution in [2.24, 2.45) is 0 Å². The van der Waals surface area contributed by atoms with E-state index in [2.05, 4.69) is 5.32 Å². The van der Waals surface area contributed by atoms with Crippen LogP contribution in [0.1, 0.15) is 26.7 Å². The lowest BCUT2D eigenvalue weighted by molar-refractivity contribution is -0.135. The second-order valence-corrected chi connectivity index (χ2v) is 13.0. The molecule has 186 valence electrons. The number of amides is 1. The van der Waals surface area contributed by atoms with Crippen LogP contribution >= 0.6 is 11.6 Å². The number of carbonyl (C=O) groups is 1. The van der Waals surface area contributed by atoms with Crippen molar-refractivity contribution in [1.29, 1.82) is 0 Å². The molecule has 1 fully saturated rings. The molecule has 0 bridgehead atoms. The van der Waals surface area contributed by atoms with Crippen LogP contribution in [0, 0.1) is 5.82 Å². The predicted octanol–water partition coefficient (Wildman–Crippen LogP) is 3.01. The molecule has 34 heavy (non-hydrogen) atoms. The van der Waals surface area contributed by atoms with E-state index in [4.69, 9.17) is 16.3 Å². The summed E-state index contributed by atoms with van der Waals surface area (Å²) in [7, 11) is -7.45. The summed E-state index contributed by atoms with van der Waals surface area (Å²) in [5.74, 6) is -1.27. The van der Waals surface area contributed by atoms with E-state index in [0.29, 0.717) is 12.8 Å². The second-order valence-electron chi connectivity index (χ2n) is 8.59. The summed E-state index contributed by atoms with van der Waals surface area (Å²) >= 11 is 5.74. The van der Waals surface area contributed by atoms with Crippen molar-refractivity contribution in [3.8, 4) is 5.75 Å². The molecule has 0 radical (unpaired) electrons. The average molecular weight is 533 g/mol. The summed E-state index contributed by atoms with van der Waals surface area (Å²) in [5.41, 5.74) is -1.38. The molecule has 0 unspecified atom stereocenters. The molecule has 1 amide bonds. The molecular weight excluding hydrogens is 507 g/mol. The molecule has 0 saturated carbocycles. The van der Waals surface area contributed by atoms with Gasteiger partial charge in [0.2, 0.25) is 10.0 Å². The van der Waals surface area contributed by atoms with Crippen molar-refractivity contribution < 1.29 is 30.8 Å². The standard InChI is InChI=1S/C22H26ClFN2O6S2/c1-22(2,32-20-8-7-15(23)13-19(20)24)21(27)25-16-9-11-26(12-10-16)34(30,31)18-6-4-5-17(14-18)33(3,28)29/h4-8,13-14,16H,9-12H2,1-3H3,(H,25,27). The maximum atomic E-state index is 14.1. The van der Waals surface area contributed by atoms with Gasteiger partial charge in [-0.25, -0.2) is 21.2 Å². The molecule has 0 spiro atoms. The highest BCUT2D eigenvalue weighted by molar-refractivity contribution is 7.91.